The van der Waals surface area contributed by atoms with Crippen molar-refractivity contribution in [2.75, 3.05) is 13.2 Å². The van der Waals surface area contributed by atoms with E-state index in [2.05, 4.69) is 4.98 Å². The van der Waals surface area contributed by atoms with Crippen LogP contribution in [0, 0.1) is 18.8 Å². The number of likely N-dealkylation sites (tertiary alicyclic amines) is 1. The average molecular weight is 322 g/mol. The van der Waals surface area contributed by atoms with Crippen molar-refractivity contribution in [2.45, 2.75) is 25.8 Å². The Hall–Kier alpha value is -2.20. The summed E-state index contributed by atoms with van der Waals surface area (Å²) in [7, 11) is 0. The Kier molecular flexibility index (Phi) is 3.85. The molecule has 0 bridgehead atoms. The molecule has 4 rings (SSSR count). The fraction of sp³-hybridized carbons (Fsp3) is 0.400. The van der Waals surface area contributed by atoms with E-state index in [9.17, 15) is 9.90 Å². The van der Waals surface area contributed by atoms with E-state index in [1.54, 1.807) is 0 Å². The molecule has 2 fully saturated rings. The molecular weight excluding hydrogens is 300 g/mol. The van der Waals surface area contributed by atoms with E-state index in [-0.39, 0.29) is 18.6 Å². The summed E-state index contributed by atoms with van der Waals surface area (Å²) in [6.07, 6.45) is 2.10. The molecule has 1 saturated carbocycles. The van der Waals surface area contributed by atoms with Gasteiger partial charge < -0.3 is 10.0 Å². The number of aliphatic hydroxyl groups excluding tert-OH is 1. The first kappa shape index (κ1) is 15.3. The van der Waals surface area contributed by atoms with Gasteiger partial charge in [0.25, 0.3) is 5.91 Å². The molecule has 0 spiro atoms. The molecule has 2 aliphatic rings. The number of hydrogen-bond acceptors (Lipinski definition) is 3. The number of pyridine rings is 1. The van der Waals surface area contributed by atoms with Gasteiger partial charge in [-0.3, -0.25) is 4.79 Å². The van der Waals surface area contributed by atoms with Gasteiger partial charge in [-0.1, -0.05) is 36.4 Å². The lowest BCUT2D eigenvalue weighted by Crippen LogP contribution is -2.47. The van der Waals surface area contributed by atoms with E-state index >= 15 is 0 Å². The third kappa shape index (κ3) is 2.71. The summed E-state index contributed by atoms with van der Waals surface area (Å²) < 4.78 is 0. The molecule has 4 heteroatoms. The van der Waals surface area contributed by atoms with Crippen LogP contribution in [-0.4, -0.2) is 40.1 Å². The summed E-state index contributed by atoms with van der Waals surface area (Å²) in [5.74, 6) is 1.26. The quantitative estimate of drug-likeness (QED) is 0.945. The largest absolute Gasteiger partial charge is 0.394 e. The van der Waals surface area contributed by atoms with Crippen LogP contribution in [0.25, 0.3) is 11.1 Å². The second-order valence-electron chi connectivity index (χ2n) is 7.00. The smallest absolute Gasteiger partial charge is 0.273 e. The number of aryl methyl sites for hydroxylation is 1. The van der Waals surface area contributed by atoms with Gasteiger partial charge in [0, 0.05) is 17.8 Å². The topological polar surface area (TPSA) is 53.4 Å². The number of benzene rings is 1. The van der Waals surface area contributed by atoms with Gasteiger partial charge >= 0.3 is 0 Å². The molecule has 2 heterocycles. The lowest BCUT2D eigenvalue weighted by Gasteiger charge is -2.34. The van der Waals surface area contributed by atoms with Crippen LogP contribution in [0.5, 0.6) is 0 Å². The Morgan fingerprint density at radius 2 is 1.96 bits per heavy atom. The molecule has 4 nitrogen and oxygen atoms in total. The van der Waals surface area contributed by atoms with E-state index in [1.165, 1.54) is 6.42 Å². The van der Waals surface area contributed by atoms with Crippen molar-refractivity contribution in [1.29, 1.82) is 0 Å². The maximum Gasteiger partial charge on any atom is 0.273 e. The van der Waals surface area contributed by atoms with Crippen molar-refractivity contribution in [3.8, 4) is 11.1 Å². The summed E-state index contributed by atoms with van der Waals surface area (Å²) in [6, 6.07) is 13.7. The van der Waals surface area contributed by atoms with Crippen molar-refractivity contribution < 1.29 is 9.90 Å². The molecule has 3 atom stereocenters. The summed E-state index contributed by atoms with van der Waals surface area (Å²) >= 11 is 0. The normalized spacial score (nSPS) is 25.2. The van der Waals surface area contributed by atoms with Gasteiger partial charge in [0.05, 0.1) is 12.6 Å². The molecule has 1 N–H and O–H groups in total. The Bertz CT molecular complexity index is 759. The fourth-order valence-corrected chi connectivity index (χ4v) is 3.83. The van der Waals surface area contributed by atoms with Gasteiger partial charge in [-0.15, -0.1) is 0 Å². The van der Waals surface area contributed by atoms with Crippen molar-refractivity contribution in [2.24, 2.45) is 11.8 Å². The van der Waals surface area contributed by atoms with Gasteiger partial charge in [0.1, 0.15) is 5.69 Å². The fourth-order valence-electron chi connectivity index (χ4n) is 3.83. The number of aliphatic hydroxyl groups is 1. The number of amides is 1. The van der Waals surface area contributed by atoms with E-state index < -0.39 is 0 Å². The molecule has 24 heavy (non-hydrogen) atoms. The molecule has 2 aromatic rings. The molecule has 3 unspecified atom stereocenters. The Balaban J connectivity index is 1.72. The third-order valence-electron chi connectivity index (χ3n) is 5.31. The predicted molar refractivity (Wildman–Crippen MR) is 92.5 cm³/mol. The van der Waals surface area contributed by atoms with Crippen molar-refractivity contribution in [3.05, 3.63) is 53.9 Å². The van der Waals surface area contributed by atoms with Crippen LogP contribution in [0.15, 0.2) is 42.5 Å². The van der Waals surface area contributed by atoms with Crippen molar-refractivity contribution >= 4 is 5.91 Å². The lowest BCUT2D eigenvalue weighted by molar-refractivity contribution is 0.0481. The summed E-state index contributed by atoms with van der Waals surface area (Å²) in [5, 5.41) is 9.72. The highest BCUT2D eigenvalue weighted by atomic mass is 16.3. The second-order valence-corrected chi connectivity index (χ2v) is 7.00. The zero-order valence-electron chi connectivity index (χ0n) is 13.9. The number of fused-ring (bicyclic) bond motifs is 1. The third-order valence-corrected chi connectivity index (χ3v) is 5.31. The van der Waals surface area contributed by atoms with Crippen LogP contribution in [0.1, 0.15) is 29.0 Å². The maximum absolute atomic E-state index is 13.2. The standard InChI is InChI=1S/C20H22N2O2/c1-13-7-8-18(14-5-3-2-4-6-14)19(21-13)20(24)22-11-16-9-15(16)10-17(22)12-23/h2-8,15-17,23H,9-12H2,1H3. The average Bonchev–Trinajstić information content (AvgIpc) is 3.39. The number of carbonyl (C=O) groups is 1. The highest BCUT2D eigenvalue weighted by Gasteiger charge is 2.47. The van der Waals surface area contributed by atoms with Crippen LogP contribution in [0.2, 0.25) is 0 Å². The van der Waals surface area contributed by atoms with E-state index in [0.29, 0.717) is 17.5 Å². The van der Waals surface area contributed by atoms with Crippen LogP contribution < -0.4 is 0 Å². The minimum atomic E-state index is -0.0767. The van der Waals surface area contributed by atoms with E-state index in [4.69, 9.17) is 0 Å². The van der Waals surface area contributed by atoms with Gasteiger partial charge in [0.2, 0.25) is 0 Å². The van der Waals surface area contributed by atoms with Gasteiger partial charge in [-0.25, -0.2) is 4.98 Å². The molecule has 1 amide bonds. The SMILES string of the molecule is Cc1ccc(-c2ccccc2)c(C(=O)N2CC3CC3CC2CO)n1. The van der Waals surface area contributed by atoms with Gasteiger partial charge in [-0.2, -0.15) is 0 Å². The molecule has 0 radical (unpaired) electrons. The summed E-state index contributed by atoms with van der Waals surface area (Å²) in [5.41, 5.74) is 3.19. The minimum absolute atomic E-state index is 0.0292. The van der Waals surface area contributed by atoms with E-state index in [0.717, 1.165) is 29.8 Å². The number of carbonyl (C=O) groups excluding carboxylic acids is 1. The minimum Gasteiger partial charge on any atom is -0.394 e. The number of nitrogens with zero attached hydrogens (tertiary/aromatic N) is 2. The first-order chi connectivity index (χ1) is 11.7. The zero-order valence-corrected chi connectivity index (χ0v) is 13.9. The Morgan fingerprint density at radius 3 is 2.71 bits per heavy atom. The monoisotopic (exact) mass is 322 g/mol. The van der Waals surface area contributed by atoms with Crippen LogP contribution >= 0.6 is 0 Å². The predicted octanol–water partition coefficient (Wildman–Crippen LogP) is 2.90. The summed E-state index contributed by atoms with van der Waals surface area (Å²) in [6.45, 7) is 2.68. The first-order valence-corrected chi connectivity index (χ1v) is 8.62. The maximum atomic E-state index is 13.2. The summed E-state index contributed by atoms with van der Waals surface area (Å²) in [4.78, 5) is 19.6. The second kappa shape index (κ2) is 6.02. The number of aromatic nitrogens is 1. The van der Waals surface area contributed by atoms with Crippen LogP contribution in [0.3, 0.4) is 0 Å². The number of rotatable bonds is 3. The van der Waals surface area contributed by atoms with Gasteiger partial charge in [0.15, 0.2) is 0 Å². The molecule has 1 aliphatic carbocycles. The highest BCUT2D eigenvalue weighted by molar-refractivity contribution is 5.99. The van der Waals surface area contributed by atoms with Gasteiger partial charge in [-0.05, 0) is 43.2 Å². The molecule has 1 aromatic heterocycles. The first-order valence-electron chi connectivity index (χ1n) is 8.62. The van der Waals surface area contributed by atoms with Crippen molar-refractivity contribution in [3.63, 3.8) is 0 Å². The lowest BCUT2D eigenvalue weighted by atomic mass is 9.99. The molecular formula is C20H22N2O2. The van der Waals surface area contributed by atoms with Crippen LogP contribution in [-0.2, 0) is 0 Å². The highest BCUT2D eigenvalue weighted by Crippen LogP contribution is 2.47. The Labute approximate surface area is 142 Å². The molecule has 1 aliphatic heterocycles. The van der Waals surface area contributed by atoms with E-state index in [1.807, 2.05) is 54.3 Å². The molecule has 124 valence electrons. The molecule has 1 saturated heterocycles. The van der Waals surface area contributed by atoms with Crippen LogP contribution in [0.4, 0.5) is 0 Å². The van der Waals surface area contributed by atoms with Crippen molar-refractivity contribution in [1.82, 2.24) is 9.88 Å². The Morgan fingerprint density at radius 1 is 1.17 bits per heavy atom. The molecule has 1 aromatic carbocycles. The zero-order chi connectivity index (χ0) is 16.7. The number of hydrogen-bond donors (Lipinski definition) is 1. The number of piperidine rings is 1.